The monoisotopic (exact) mass is 344 g/mol. The molecule has 0 radical (unpaired) electrons. The summed E-state index contributed by atoms with van der Waals surface area (Å²) in [6.07, 6.45) is 3.46. The maximum absolute atomic E-state index is 11.4. The molecule has 0 spiro atoms. The van der Waals surface area contributed by atoms with E-state index >= 15 is 0 Å². The summed E-state index contributed by atoms with van der Waals surface area (Å²) in [6, 6.07) is 16.1. The van der Waals surface area contributed by atoms with Crippen molar-refractivity contribution in [2.45, 2.75) is 0 Å². The zero-order chi connectivity index (χ0) is 18.1. The van der Waals surface area contributed by atoms with Crippen molar-refractivity contribution in [3.8, 4) is 5.75 Å². The smallest absolute Gasteiger partial charge is 0.176 e. The van der Waals surface area contributed by atoms with E-state index in [-0.39, 0.29) is 5.56 Å². The largest absolute Gasteiger partial charge is 0.545 e. The summed E-state index contributed by atoms with van der Waals surface area (Å²) in [6.45, 7) is 0. The first-order valence-electron chi connectivity index (χ1n) is 8.01. The average Bonchev–Trinajstić information content (AvgIpc) is 3.08. The SMILES string of the molecule is COc1cccc2cc(/C=C/c3cc(C(=O)[O-])c4ccccc4n3)oc12. The molecule has 0 aliphatic rings. The number of ether oxygens (including phenoxy) is 1. The first-order chi connectivity index (χ1) is 12.7. The van der Waals surface area contributed by atoms with E-state index in [0.29, 0.717) is 33.7 Å². The molecule has 0 atom stereocenters. The van der Waals surface area contributed by atoms with Gasteiger partial charge in [-0.3, -0.25) is 0 Å². The number of carboxylic acid groups (broad SMARTS) is 1. The van der Waals surface area contributed by atoms with E-state index in [1.807, 2.05) is 30.3 Å². The molecular formula is C21H14NO4-. The number of aromatic nitrogens is 1. The van der Waals surface area contributed by atoms with E-state index in [4.69, 9.17) is 9.15 Å². The Labute approximate surface area is 149 Å². The van der Waals surface area contributed by atoms with Gasteiger partial charge in [-0.15, -0.1) is 0 Å². The molecule has 0 N–H and O–H groups in total. The fourth-order valence-electron chi connectivity index (χ4n) is 2.92. The Kier molecular flexibility index (Phi) is 3.89. The number of carbonyl (C=O) groups is 1. The molecule has 0 saturated carbocycles. The highest BCUT2D eigenvalue weighted by Gasteiger charge is 2.08. The van der Waals surface area contributed by atoms with E-state index in [9.17, 15) is 9.90 Å². The van der Waals surface area contributed by atoms with Crippen LogP contribution in [0.25, 0.3) is 34.0 Å². The lowest BCUT2D eigenvalue weighted by Crippen LogP contribution is -2.22. The van der Waals surface area contributed by atoms with Crippen LogP contribution < -0.4 is 9.84 Å². The van der Waals surface area contributed by atoms with Gasteiger partial charge in [-0.25, -0.2) is 4.98 Å². The first-order valence-corrected chi connectivity index (χ1v) is 8.01. The first kappa shape index (κ1) is 15.9. The van der Waals surface area contributed by atoms with Gasteiger partial charge in [0.1, 0.15) is 5.76 Å². The lowest BCUT2D eigenvalue weighted by Gasteiger charge is -2.08. The normalized spacial score (nSPS) is 11.4. The second-order valence-electron chi connectivity index (χ2n) is 5.76. The van der Waals surface area contributed by atoms with Crippen molar-refractivity contribution >= 4 is 40.0 Å². The predicted molar refractivity (Wildman–Crippen MR) is 97.8 cm³/mol. The highest BCUT2D eigenvalue weighted by molar-refractivity contribution is 6.02. The number of fused-ring (bicyclic) bond motifs is 2. The third kappa shape index (κ3) is 2.80. The Bertz CT molecular complexity index is 1160. The Morgan fingerprint density at radius 2 is 1.96 bits per heavy atom. The summed E-state index contributed by atoms with van der Waals surface area (Å²) < 4.78 is 11.1. The van der Waals surface area contributed by atoms with E-state index in [1.165, 1.54) is 6.07 Å². The van der Waals surface area contributed by atoms with Crippen molar-refractivity contribution in [2.24, 2.45) is 0 Å². The van der Waals surface area contributed by atoms with Gasteiger partial charge in [-0.1, -0.05) is 30.3 Å². The highest BCUT2D eigenvalue weighted by Crippen LogP contribution is 2.29. The number of aromatic carboxylic acids is 1. The number of benzene rings is 2. The number of furan rings is 1. The van der Waals surface area contributed by atoms with Crippen LogP contribution in [0.1, 0.15) is 21.8 Å². The molecule has 26 heavy (non-hydrogen) atoms. The van der Waals surface area contributed by atoms with Gasteiger partial charge in [0.2, 0.25) is 0 Å². The molecule has 0 amide bonds. The minimum atomic E-state index is -1.23. The van der Waals surface area contributed by atoms with Crippen LogP contribution >= 0.6 is 0 Å². The topological polar surface area (TPSA) is 75.4 Å². The number of para-hydroxylation sites is 2. The van der Waals surface area contributed by atoms with E-state index < -0.39 is 5.97 Å². The minimum Gasteiger partial charge on any atom is -0.545 e. The minimum absolute atomic E-state index is 0.113. The van der Waals surface area contributed by atoms with Crippen LogP contribution in [0.3, 0.4) is 0 Å². The van der Waals surface area contributed by atoms with Gasteiger partial charge in [0.15, 0.2) is 11.3 Å². The molecule has 0 fully saturated rings. The van der Waals surface area contributed by atoms with Crippen LogP contribution in [0.2, 0.25) is 0 Å². The number of hydrogen-bond donors (Lipinski definition) is 0. The second kappa shape index (κ2) is 6.37. The van der Waals surface area contributed by atoms with Crippen LogP contribution in [0, 0.1) is 0 Å². The molecule has 4 rings (SSSR count). The van der Waals surface area contributed by atoms with E-state index in [0.717, 1.165) is 5.39 Å². The summed E-state index contributed by atoms with van der Waals surface area (Å²) in [7, 11) is 1.59. The number of rotatable bonds is 4. The van der Waals surface area contributed by atoms with Gasteiger partial charge in [0, 0.05) is 16.3 Å². The lowest BCUT2D eigenvalue weighted by atomic mass is 10.1. The summed E-state index contributed by atoms with van der Waals surface area (Å²) >= 11 is 0. The zero-order valence-electron chi connectivity index (χ0n) is 13.9. The van der Waals surface area contributed by atoms with Gasteiger partial charge in [-0.2, -0.15) is 0 Å². The number of nitrogens with zero attached hydrogens (tertiary/aromatic N) is 1. The van der Waals surface area contributed by atoms with Crippen LogP contribution in [-0.4, -0.2) is 18.1 Å². The van der Waals surface area contributed by atoms with Crippen molar-refractivity contribution in [3.63, 3.8) is 0 Å². The fourth-order valence-corrected chi connectivity index (χ4v) is 2.92. The number of hydrogen-bond acceptors (Lipinski definition) is 5. The van der Waals surface area contributed by atoms with Crippen LogP contribution in [-0.2, 0) is 0 Å². The molecular weight excluding hydrogens is 330 g/mol. The summed E-state index contributed by atoms with van der Waals surface area (Å²) in [5.74, 6) is 0.0476. The fraction of sp³-hybridized carbons (Fsp3) is 0.0476. The molecule has 2 heterocycles. The molecule has 0 aliphatic carbocycles. The molecule has 0 unspecified atom stereocenters. The maximum Gasteiger partial charge on any atom is 0.176 e. The van der Waals surface area contributed by atoms with Crippen molar-refractivity contribution in [1.29, 1.82) is 0 Å². The Balaban J connectivity index is 1.76. The lowest BCUT2D eigenvalue weighted by molar-refractivity contribution is -0.254. The van der Waals surface area contributed by atoms with Crippen LogP contribution in [0.4, 0.5) is 0 Å². The average molecular weight is 344 g/mol. The summed E-state index contributed by atoms with van der Waals surface area (Å²) in [5, 5.41) is 12.9. The molecule has 0 bridgehead atoms. The molecule has 4 aromatic rings. The number of carboxylic acids is 1. The number of carbonyl (C=O) groups excluding carboxylic acids is 1. The van der Waals surface area contributed by atoms with E-state index in [1.54, 1.807) is 37.5 Å². The zero-order valence-corrected chi connectivity index (χ0v) is 13.9. The van der Waals surface area contributed by atoms with Crippen molar-refractivity contribution in [3.05, 3.63) is 71.6 Å². The van der Waals surface area contributed by atoms with Crippen LogP contribution in [0.15, 0.2) is 59.0 Å². The van der Waals surface area contributed by atoms with Gasteiger partial charge >= 0.3 is 0 Å². The quantitative estimate of drug-likeness (QED) is 0.566. The Hall–Kier alpha value is -3.60. The van der Waals surface area contributed by atoms with Gasteiger partial charge in [-0.05, 0) is 36.4 Å². The van der Waals surface area contributed by atoms with Crippen molar-refractivity contribution < 1.29 is 19.1 Å². The van der Waals surface area contributed by atoms with Crippen LogP contribution in [0.5, 0.6) is 5.75 Å². The third-order valence-corrected chi connectivity index (χ3v) is 4.12. The van der Waals surface area contributed by atoms with Gasteiger partial charge < -0.3 is 19.1 Å². The van der Waals surface area contributed by atoms with Gasteiger partial charge in [0.25, 0.3) is 0 Å². The molecule has 2 aromatic carbocycles. The second-order valence-corrected chi connectivity index (χ2v) is 5.76. The van der Waals surface area contributed by atoms with Crippen molar-refractivity contribution in [1.82, 2.24) is 4.98 Å². The molecule has 0 aliphatic heterocycles. The highest BCUT2D eigenvalue weighted by atomic mass is 16.5. The standard InChI is InChI=1S/C21H15NO4/c1-25-19-8-4-5-13-11-15(26-20(13)19)10-9-14-12-17(21(23)24)16-6-2-3-7-18(16)22-14/h2-12H,1H3,(H,23,24)/p-1/b10-9+. The predicted octanol–water partition coefficient (Wildman–Crippen LogP) is 3.52. The summed E-state index contributed by atoms with van der Waals surface area (Å²) in [4.78, 5) is 15.9. The Morgan fingerprint density at radius 3 is 2.77 bits per heavy atom. The molecule has 0 saturated heterocycles. The Morgan fingerprint density at radius 1 is 1.12 bits per heavy atom. The molecule has 5 nitrogen and oxygen atoms in total. The third-order valence-electron chi connectivity index (χ3n) is 4.12. The molecule has 2 aromatic heterocycles. The number of methoxy groups -OCH3 is 1. The number of pyridine rings is 1. The molecule has 5 heteroatoms. The molecule has 128 valence electrons. The summed E-state index contributed by atoms with van der Waals surface area (Å²) in [5.41, 5.74) is 1.88. The van der Waals surface area contributed by atoms with Crippen molar-refractivity contribution in [2.75, 3.05) is 7.11 Å². The van der Waals surface area contributed by atoms with Gasteiger partial charge in [0.05, 0.1) is 24.3 Å². The van der Waals surface area contributed by atoms with E-state index in [2.05, 4.69) is 4.98 Å². The maximum atomic E-state index is 11.4.